The van der Waals surface area contributed by atoms with Gasteiger partial charge in [-0.25, -0.2) is 15.0 Å². The van der Waals surface area contributed by atoms with Crippen LogP contribution >= 0.6 is 11.6 Å². The van der Waals surface area contributed by atoms with Gasteiger partial charge in [0.15, 0.2) is 10.8 Å². The van der Waals surface area contributed by atoms with Gasteiger partial charge in [-0.3, -0.25) is 0 Å². The standard InChI is InChI=1S/C15H15ClN4/c1-2-6-12-18-14(16)13-15(19-12)20(10-17-13)9-11-7-4-3-5-8-11/h3-5,7-8,10H,2,6,9H2,1H3. The Kier molecular flexibility index (Phi) is 3.65. The molecule has 0 amide bonds. The second-order valence-corrected chi connectivity index (χ2v) is 5.07. The van der Waals surface area contributed by atoms with Gasteiger partial charge in [0.25, 0.3) is 0 Å². The van der Waals surface area contributed by atoms with E-state index in [9.17, 15) is 0 Å². The third kappa shape index (κ3) is 2.51. The normalized spacial score (nSPS) is 11.1. The highest BCUT2D eigenvalue weighted by Crippen LogP contribution is 2.20. The first-order valence-electron chi connectivity index (χ1n) is 6.69. The van der Waals surface area contributed by atoms with Crippen LogP contribution in [0.2, 0.25) is 5.15 Å². The lowest BCUT2D eigenvalue weighted by Gasteiger charge is -2.05. The number of imidazole rings is 1. The molecule has 5 heteroatoms. The Labute approximate surface area is 122 Å². The van der Waals surface area contributed by atoms with Crippen molar-refractivity contribution in [3.63, 3.8) is 0 Å². The Morgan fingerprint density at radius 1 is 1.15 bits per heavy atom. The number of aromatic nitrogens is 4. The SMILES string of the molecule is CCCc1nc(Cl)c2ncn(Cc3ccccc3)c2n1. The molecule has 0 atom stereocenters. The summed E-state index contributed by atoms with van der Waals surface area (Å²) >= 11 is 6.19. The molecule has 3 aromatic rings. The van der Waals surface area contributed by atoms with Gasteiger partial charge in [-0.1, -0.05) is 48.9 Å². The van der Waals surface area contributed by atoms with Gasteiger partial charge >= 0.3 is 0 Å². The maximum Gasteiger partial charge on any atom is 0.165 e. The van der Waals surface area contributed by atoms with E-state index < -0.39 is 0 Å². The Morgan fingerprint density at radius 3 is 2.70 bits per heavy atom. The molecule has 102 valence electrons. The van der Waals surface area contributed by atoms with Gasteiger partial charge in [-0.2, -0.15) is 0 Å². The van der Waals surface area contributed by atoms with Crippen LogP contribution in [0.5, 0.6) is 0 Å². The van der Waals surface area contributed by atoms with Crippen molar-refractivity contribution >= 4 is 22.8 Å². The van der Waals surface area contributed by atoms with Crippen LogP contribution in [0.25, 0.3) is 11.2 Å². The monoisotopic (exact) mass is 286 g/mol. The van der Waals surface area contributed by atoms with Crippen LogP contribution in [0.4, 0.5) is 0 Å². The van der Waals surface area contributed by atoms with Crippen molar-refractivity contribution in [3.8, 4) is 0 Å². The second-order valence-electron chi connectivity index (χ2n) is 4.71. The Bertz CT molecular complexity index is 721. The highest BCUT2D eigenvalue weighted by Gasteiger charge is 2.11. The molecule has 0 saturated carbocycles. The van der Waals surface area contributed by atoms with Crippen LogP contribution in [0.1, 0.15) is 24.7 Å². The lowest BCUT2D eigenvalue weighted by molar-refractivity contribution is 0.794. The Morgan fingerprint density at radius 2 is 1.95 bits per heavy atom. The molecule has 0 aliphatic heterocycles. The summed E-state index contributed by atoms with van der Waals surface area (Å²) in [7, 11) is 0. The summed E-state index contributed by atoms with van der Waals surface area (Å²) in [5, 5.41) is 0.435. The van der Waals surface area contributed by atoms with E-state index in [1.165, 1.54) is 5.56 Å². The van der Waals surface area contributed by atoms with Gasteiger partial charge in [-0.05, 0) is 12.0 Å². The topological polar surface area (TPSA) is 43.6 Å². The molecule has 0 spiro atoms. The largest absolute Gasteiger partial charge is 0.311 e. The van der Waals surface area contributed by atoms with Gasteiger partial charge in [0.2, 0.25) is 0 Å². The van der Waals surface area contributed by atoms with Crippen molar-refractivity contribution in [2.45, 2.75) is 26.3 Å². The quantitative estimate of drug-likeness (QED) is 0.690. The lowest BCUT2D eigenvalue weighted by Crippen LogP contribution is -2.02. The third-order valence-electron chi connectivity index (χ3n) is 3.14. The predicted octanol–water partition coefficient (Wildman–Crippen LogP) is 3.48. The second kappa shape index (κ2) is 5.59. The van der Waals surface area contributed by atoms with Crippen LogP contribution < -0.4 is 0 Å². The van der Waals surface area contributed by atoms with Crippen molar-refractivity contribution < 1.29 is 0 Å². The summed E-state index contributed by atoms with van der Waals surface area (Å²) in [6.07, 6.45) is 3.59. The average molecular weight is 287 g/mol. The molecule has 0 radical (unpaired) electrons. The fraction of sp³-hybridized carbons (Fsp3) is 0.267. The van der Waals surface area contributed by atoms with Gasteiger partial charge in [0.05, 0.1) is 12.9 Å². The first-order chi connectivity index (χ1) is 9.78. The third-order valence-corrected chi connectivity index (χ3v) is 3.40. The Hall–Kier alpha value is -1.94. The van der Waals surface area contributed by atoms with Crippen LogP contribution in [-0.4, -0.2) is 19.5 Å². The highest BCUT2D eigenvalue weighted by atomic mass is 35.5. The minimum absolute atomic E-state index is 0.435. The molecule has 1 aromatic carbocycles. The van der Waals surface area contributed by atoms with Crippen LogP contribution in [0.15, 0.2) is 36.7 Å². The number of nitrogens with zero attached hydrogens (tertiary/aromatic N) is 4. The summed E-state index contributed by atoms with van der Waals surface area (Å²) in [5.41, 5.74) is 2.68. The predicted molar refractivity (Wildman–Crippen MR) is 79.9 cm³/mol. The van der Waals surface area contributed by atoms with Crippen LogP contribution in [0.3, 0.4) is 0 Å². The zero-order chi connectivity index (χ0) is 13.9. The first-order valence-corrected chi connectivity index (χ1v) is 7.07. The van der Waals surface area contributed by atoms with Crippen molar-refractivity contribution in [1.29, 1.82) is 0 Å². The highest BCUT2D eigenvalue weighted by molar-refractivity contribution is 6.33. The maximum absolute atomic E-state index is 6.19. The molecule has 2 heterocycles. The number of hydrogen-bond donors (Lipinski definition) is 0. The molecule has 0 bridgehead atoms. The van der Waals surface area contributed by atoms with Gasteiger partial charge in [-0.15, -0.1) is 0 Å². The zero-order valence-electron chi connectivity index (χ0n) is 11.3. The van der Waals surface area contributed by atoms with E-state index in [0.717, 1.165) is 30.9 Å². The average Bonchev–Trinajstić information content (AvgIpc) is 2.84. The summed E-state index contributed by atoms with van der Waals surface area (Å²) < 4.78 is 2.01. The van der Waals surface area contributed by atoms with E-state index in [4.69, 9.17) is 11.6 Å². The molecule has 0 aliphatic rings. The number of fused-ring (bicyclic) bond motifs is 1. The molecular formula is C15H15ClN4. The lowest BCUT2D eigenvalue weighted by atomic mass is 10.2. The number of hydrogen-bond acceptors (Lipinski definition) is 3. The van der Waals surface area contributed by atoms with E-state index in [2.05, 4.69) is 34.0 Å². The van der Waals surface area contributed by atoms with Gasteiger partial charge < -0.3 is 4.57 Å². The fourth-order valence-corrected chi connectivity index (χ4v) is 2.41. The van der Waals surface area contributed by atoms with E-state index >= 15 is 0 Å². The molecule has 3 rings (SSSR count). The summed E-state index contributed by atoms with van der Waals surface area (Å²) in [6, 6.07) is 10.2. The number of aryl methyl sites for hydroxylation is 1. The van der Waals surface area contributed by atoms with Crippen molar-refractivity contribution in [2.24, 2.45) is 0 Å². The molecule has 2 aromatic heterocycles. The molecule has 20 heavy (non-hydrogen) atoms. The van der Waals surface area contributed by atoms with Crippen molar-refractivity contribution in [2.75, 3.05) is 0 Å². The van der Waals surface area contributed by atoms with E-state index in [1.54, 1.807) is 6.33 Å². The molecular weight excluding hydrogens is 272 g/mol. The fourth-order valence-electron chi connectivity index (χ4n) is 2.18. The van der Waals surface area contributed by atoms with Crippen molar-refractivity contribution in [1.82, 2.24) is 19.5 Å². The van der Waals surface area contributed by atoms with Crippen LogP contribution in [-0.2, 0) is 13.0 Å². The van der Waals surface area contributed by atoms with E-state index in [-0.39, 0.29) is 0 Å². The molecule has 0 fully saturated rings. The first kappa shape index (κ1) is 13.1. The maximum atomic E-state index is 6.19. The summed E-state index contributed by atoms with van der Waals surface area (Å²) in [4.78, 5) is 13.2. The number of benzene rings is 1. The minimum Gasteiger partial charge on any atom is -0.311 e. The van der Waals surface area contributed by atoms with Gasteiger partial charge in [0.1, 0.15) is 11.3 Å². The Balaban J connectivity index is 2.03. The molecule has 4 nitrogen and oxygen atoms in total. The van der Waals surface area contributed by atoms with E-state index in [1.807, 2.05) is 22.8 Å². The van der Waals surface area contributed by atoms with Gasteiger partial charge in [0, 0.05) is 6.42 Å². The number of rotatable bonds is 4. The molecule has 0 saturated heterocycles. The zero-order valence-corrected chi connectivity index (χ0v) is 12.0. The van der Waals surface area contributed by atoms with Crippen LogP contribution in [0, 0.1) is 0 Å². The molecule has 0 aliphatic carbocycles. The van der Waals surface area contributed by atoms with E-state index in [0.29, 0.717) is 10.7 Å². The van der Waals surface area contributed by atoms with Crippen molar-refractivity contribution in [3.05, 3.63) is 53.2 Å². The summed E-state index contributed by atoms with van der Waals surface area (Å²) in [5.74, 6) is 0.778. The summed E-state index contributed by atoms with van der Waals surface area (Å²) in [6.45, 7) is 2.83. The number of halogens is 1. The smallest absolute Gasteiger partial charge is 0.165 e. The molecule has 0 N–H and O–H groups in total. The minimum atomic E-state index is 0.435. The molecule has 0 unspecified atom stereocenters.